The first-order valence-corrected chi connectivity index (χ1v) is 6.12. The molecule has 0 aliphatic rings. The average Bonchev–Trinajstić information content (AvgIpc) is 2.37. The zero-order valence-electron chi connectivity index (χ0n) is 10.7. The fourth-order valence-electron chi connectivity index (χ4n) is 2.17. The summed E-state index contributed by atoms with van der Waals surface area (Å²) in [6, 6.07) is 14.2. The van der Waals surface area contributed by atoms with Crippen molar-refractivity contribution in [1.82, 2.24) is 5.32 Å². The summed E-state index contributed by atoms with van der Waals surface area (Å²) in [6.07, 6.45) is 0. The summed E-state index contributed by atoms with van der Waals surface area (Å²) in [5, 5.41) is 5.62. The van der Waals surface area contributed by atoms with Crippen LogP contribution in [0.2, 0.25) is 0 Å². The Kier molecular flexibility index (Phi) is 3.63. The number of nitrogens with one attached hydrogen (secondary N) is 1. The van der Waals surface area contributed by atoms with Crippen LogP contribution in [-0.4, -0.2) is 11.9 Å². The molecule has 0 spiro atoms. The summed E-state index contributed by atoms with van der Waals surface area (Å²) in [6.45, 7) is 3.82. The average molecular weight is 242 g/mol. The molecule has 1 amide bonds. The van der Waals surface area contributed by atoms with Crippen molar-refractivity contribution in [3.8, 4) is 0 Å². The third kappa shape index (κ3) is 2.51. The highest BCUT2D eigenvalue weighted by atomic mass is 16.1. The quantitative estimate of drug-likeness (QED) is 0.864. The van der Waals surface area contributed by atoms with Gasteiger partial charge in [0.1, 0.15) is 0 Å². The highest BCUT2D eigenvalue weighted by Crippen LogP contribution is 2.24. The van der Waals surface area contributed by atoms with Crippen molar-refractivity contribution < 1.29 is 4.79 Å². The molecule has 2 rings (SSSR count). The van der Waals surface area contributed by atoms with Gasteiger partial charge in [-0.25, -0.2) is 0 Å². The number of carbonyl (C=O) groups is 1. The molecule has 2 aromatic carbocycles. The SMILES string of the molecule is C[C@H](N[C@@H](C)c1cccc2ccccc12)C(N)=O. The molecule has 0 heterocycles. The van der Waals surface area contributed by atoms with E-state index in [0.717, 1.165) is 0 Å². The van der Waals surface area contributed by atoms with Crippen LogP contribution in [0.1, 0.15) is 25.5 Å². The molecule has 0 fully saturated rings. The van der Waals surface area contributed by atoms with Gasteiger partial charge in [0.25, 0.3) is 0 Å². The lowest BCUT2D eigenvalue weighted by Gasteiger charge is -2.19. The number of hydrogen-bond donors (Lipinski definition) is 2. The summed E-state index contributed by atoms with van der Waals surface area (Å²) in [4.78, 5) is 11.1. The number of hydrogen-bond acceptors (Lipinski definition) is 2. The van der Waals surface area contributed by atoms with Crippen molar-refractivity contribution in [3.63, 3.8) is 0 Å². The van der Waals surface area contributed by atoms with E-state index in [2.05, 4.69) is 29.6 Å². The molecule has 0 unspecified atom stereocenters. The third-order valence-corrected chi connectivity index (χ3v) is 3.22. The monoisotopic (exact) mass is 242 g/mol. The van der Waals surface area contributed by atoms with E-state index in [9.17, 15) is 4.79 Å². The topological polar surface area (TPSA) is 55.1 Å². The van der Waals surface area contributed by atoms with Gasteiger partial charge in [0, 0.05) is 6.04 Å². The second-order valence-corrected chi connectivity index (χ2v) is 4.58. The smallest absolute Gasteiger partial charge is 0.234 e. The summed E-state index contributed by atoms with van der Waals surface area (Å²) in [5.74, 6) is -0.331. The first kappa shape index (κ1) is 12.6. The van der Waals surface area contributed by atoms with Gasteiger partial charge in [-0.05, 0) is 30.2 Å². The molecular formula is C15H18N2O. The molecule has 3 nitrogen and oxygen atoms in total. The number of amides is 1. The van der Waals surface area contributed by atoms with Crippen molar-refractivity contribution in [2.75, 3.05) is 0 Å². The zero-order valence-corrected chi connectivity index (χ0v) is 10.7. The molecule has 3 heteroatoms. The molecule has 94 valence electrons. The Hall–Kier alpha value is -1.87. The Morgan fingerprint density at radius 2 is 1.78 bits per heavy atom. The minimum absolute atomic E-state index is 0.0820. The Morgan fingerprint density at radius 1 is 1.11 bits per heavy atom. The lowest BCUT2D eigenvalue weighted by molar-refractivity contribution is -0.119. The van der Waals surface area contributed by atoms with Crippen molar-refractivity contribution in [1.29, 1.82) is 0 Å². The van der Waals surface area contributed by atoms with Crippen LogP contribution in [0.25, 0.3) is 10.8 Å². The van der Waals surface area contributed by atoms with Crippen molar-refractivity contribution >= 4 is 16.7 Å². The number of nitrogens with two attached hydrogens (primary N) is 1. The normalized spacial score (nSPS) is 14.3. The maximum absolute atomic E-state index is 11.1. The fourth-order valence-corrected chi connectivity index (χ4v) is 2.17. The van der Waals surface area contributed by atoms with E-state index < -0.39 is 0 Å². The van der Waals surface area contributed by atoms with Gasteiger partial charge in [-0.3, -0.25) is 10.1 Å². The lowest BCUT2D eigenvalue weighted by Crippen LogP contribution is -2.40. The Labute approximate surface area is 107 Å². The van der Waals surface area contributed by atoms with Gasteiger partial charge in [-0.1, -0.05) is 42.5 Å². The third-order valence-electron chi connectivity index (χ3n) is 3.22. The molecule has 0 saturated heterocycles. The molecule has 2 atom stereocenters. The van der Waals surface area contributed by atoms with Gasteiger partial charge in [-0.2, -0.15) is 0 Å². The van der Waals surface area contributed by atoms with Gasteiger partial charge in [0.2, 0.25) is 5.91 Å². The Balaban J connectivity index is 2.33. The van der Waals surface area contributed by atoms with E-state index in [0.29, 0.717) is 0 Å². The zero-order chi connectivity index (χ0) is 13.1. The van der Waals surface area contributed by atoms with Gasteiger partial charge >= 0.3 is 0 Å². The largest absolute Gasteiger partial charge is 0.368 e. The summed E-state index contributed by atoms with van der Waals surface area (Å²) < 4.78 is 0. The van der Waals surface area contributed by atoms with Gasteiger partial charge in [0.15, 0.2) is 0 Å². The molecule has 2 aromatic rings. The van der Waals surface area contributed by atoms with Crippen LogP contribution >= 0.6 is 0 Å². The minimum Gasteiger partial charge on any atom is -0.368 e. The van der Waals surface area contributed by atoms with Gasteiger partial charge < -0.3 is 5.73 Å². The van der Waals surface area contributed by atoms with Crippen LogP contribution in [0.3, 0.4) is 0 Å². The highest BCUT2D eigenvalue weighted by Gasteiger charge is 2.14. The first-order chi connectivity index (χ1) is 8.59. The van der Waals surface area contributed by atoms with Gasteiger partial charge in [0.05, 0.1) is 6.04 Å². The van der Waals surface area contributed by atoms with Crippen LogP contribution in [0.4, 0.5) is 0 Å². The van der Waals surface area contributed by atoms with Crippen LogP contribution in [0, 0.1) is 0 Å². The highest BCUT2D eigenvalue weighted by molar-refractivity contribution is 5.86. The summed E-state index contributed by atoms with van der Waals surface area (Å²) >= 11 is 0. The van der Waals surface area contributed by atoms with E-state index >= 15 is 0 Å². The maximum atomic E-state index is 11.1. The second-order valence-electron chi connectivity index (χ2n) is 4.58. The standard InChI is InChI=1S/C15H18N2O/c1-10(17-11(2)15(16)18)13-9-5-7-12-6-3-4-8-14(12)13/h3-11,17H,1-2H3,(H2,16,18)/t10-,11-/m0/s1. The molecular weight excluding hydrogens is 224 g/mol. The second kappa shape index (κ2) is 5.19. The summed E-state index contributed by atoms with van der Waals surface area (Å²) in [5.41, 5.74) is 6.46. The van der Waals surface area contributed by atoms with Crippen molar-refractivity contribution in [3.05, 3.63) is 48.0 Å². The van der Waals surface area contributed by atoms with Crippen LogP contribution in [0.5, 0.6) is 0 Å². The van der Waals surface area contributed by atoms with E-state index in [1.807, 2.05) is 25.1 Å². The van der Waals surface area contributed by atoms with Crippen molar-refractivity contribution in [2.45, 2.75) is 25.9 Å². The molecule has 0 bridgehead atoms. The molecule has 0 radical (unpaired) electrons. The fraction of sp³-hybridized carbons (Fsp3) is 0.267. The van der Waals surface area contributed by atoms with E-state index in [-0.39, 0.29) is 18.0 Å². The Morgan fingerprint density at radius 3 is 2.50 bits per heavy atom. The van der Waals surface area contributed by atoms with Crippen LogP contribution in [-0.2, 0) is 4.79 Å². The predicted molar refractivity (Wildman–Crippen MR) is 74.2 cm³/mol. The first-order valence-electron chi connectivity index (χ1n) is 6.12. The minimum atomic E-state index is -0.334. The Bertz CT molecular complexity index is 560. The molecule has 0 aliphatic heterocycles. The van der Waals surface area contributed by atoms with Crippen LogP contribution in [0.15, 0.2) is 42.5 Å². The number of benzene rings is 2. The number of primary amides is 1. The number of rotatable bonds is 4. The number of carbonyl (C=O) groups excluding carboxylic acids is 1. The molecule has 0 saturated carbocycles. The lowest BCUT2D eigenvalue weighted by atomic mass is 9.99. The van der Waals surface area contributed by atoms with Crippen LogP contribution < -0.4 is 11.1 Å². The molecule has 18 heavy (non-hydrogen) atoms. The number of fused-ring (bicyclic) bond motifs is 1. The molecule has 3 N–H and O–H groups in total. The summed E-state index contributed by atoms with van der Waals surface area (Å²) in [7, 11) is 0. The molecule has 0 aromatic heterocycles. The van der Waals surface area contributed by atoms with E-state index in [4.69, 9.17) is 5.73 Å². The van der Waals surface area contributed by atoms with E-state index in [1.165, 1.54) is 16.3 Å². The molecule has 0 aliphatic carbocycles. The van der Waals surface area contributed by atoms with Crippen molar-refractivity contribution in [2.24, 2.45) is 5.73 Å². The van der Waals surface area contributed by atoms with E-state index in [1.54, 1.807) is 6.92 Å². The van der Waals surface area contributed by atoms with Gasteiger partial charge in [-0.15, -0.1) is 0 Å². The predicted octanol–water partition coefficient (Wildman–Crippen LogP) is 2.36. The maximum Gasteiger partial charge on any atom is 0.234 e.